The van der Waals surface area contributed by atoms with Gasteiger partial charge in [-0.05, 0) is 61.7 Å². The standard InChI is InChI=1S/C18H27N3O3S2/c1-3-4-5-17(22)20-18(25)19-15-6-8-16(9-7-15)26(23,24)21-12-10-14(2)11-13-21/h6-9,14H,3-5,10-13H2,1-2H3,(H2,19,20,22,25). The fourth-order valence-corrected chi connectivity index (χ4v) is 4.47. The van der Waals surface area contributed by atoms with E-state index in [2.05, 4.69) is 17.6 Å². The molecule has 1 heterocycles. The van der Waals surface area contributed by atoms with Crippen LogP contribution in [0.2, 0.25) is 0 Å². The molecule has 1 aliphatic rings. The van der Waals surface area contributed by atoms with Crippen molar-refractivity contribution in [3.63, 3.8) is 0 Å². The quantitative estimate of drug-likeness (QED) is 0.721. The zero-order valence-electron chi connectivity index (χ0n) is 15.3. The molecule has 1 aromatic carbocycles. The monoisotopic (exact) mass is 397 g/mol. The third kappa shape index (κ3) is 5.75. The number of carbonyl (C=O) groups excluding carboxylic acids is 1. The van der Waals surface area contributed by atoms with Crippen LogP contribution in [0.25, 0.3) is 0 Å². The number of nitrogens with one attached hydrogen (secondary N) is 2. The number of nitrogens with zero attached hydrogens (tertiary/aromatic N) is 1. The molecule has 2 N–H and O–H groups in total. The normalized spacial score (nSPS) is 16.2. The van der Waals surface area contributed by atoms with E-state index in [1.165, 1.54) is 0 Å². The van der Waals surface area contributed by atoms with Crippen LogP contribution in [0.5, 0.6) is 0 Å². The lowest BCUT2D eigenvalue weighted by Crippen LogP contribution is -2.37. The molecule has 1 amide bonds. The second-order valence-corrected chi connectivity index (χ2v) is 9.06. The number of unbranched alkanes of at least 4 members (excludes halogenated alkanes) is 1. The van der Waals surface area contributed by atoms with E-state index >= 15 is 0 Å². The summed E-state index contributed by atoms with van der Waals surface area (Å²) in [5.41, 5.74) is 0.636. The van der Waals surface area contributed by atoms with Crippen molar-refractivity contribution in [1.29, 1.82) is 0 Å². The van der Waals surface area contributed by atoms with Crippen LogP contribution in [0.1, 0.15) is 46.0 Å². The number of anilines is 1. The Balaban J connectivity index is 1.95. The molecule has 0 aromatic heterocycles. The average Bonchev–Trinajstić information content (AvgIpc) is 2.60. The van der Waals surface area contributed by atoms with Gasteiger partial charge in [-0.3, -0.25) is 4.79 Å². The van der Waals surface area contributed by atoms with Crippen molar-refractivity contribution in [1.82, 2.24) is 9.62 Å². The van der Waals surface area contributed by atoms with E-state index in [0.717, 1.165) is 25.7 Å². The summed E-state index contributed by atoms with van der Waals surface area (Å²) < 4.78 is 26.9. The first-order valence-electron chi connectivity index (χ1n) is 9.04. The average molecular weight is 398 g/mol. The van der Waals surface area contributed by atoms with Gasteiger partial charge in [-0.2, -0.15) is 4.31 Å². The van der Waals surface area contributed by atoms with Crippen molar-refractivity contribution >= 4 is 38.9 Å². The summed E-state index contributed by atoms with van der Waals surface area (Å²) in [7, 11) is -3.46. The van der Waals surface area contributed by atoms with Gasteiger partial charge in [-0.1, -0.05) is 20.3 Å². The van der Waals surface area contributed by atoms with Gasteiger partial charge in [0, 0.05) is 25.2 Å². The van der Waals surface area contributed by atoms with E-state index in [4.69, 9.17) is 12.2 Å². The number of thiocarbonyl (C=S) groups is 1. The Morgan fingerprint density at radius 1 is 1.23 bits per heavy atom. The molecule has 0 radical (unpaired) electrons. The van der Waals surface area contributed by atoms with Crippen LogP contribution >= 0.6 is 12.2 Å². The molecule has 0 bridgehead atoms. The molecule has 8 heteroatoms. The van der Waals surface area contributed by atoms with Crippen LogP contribution in [0.3, 0.4) is 0 Å². The van der Waals surface area contributed by atoms with Gasteiger partial charge in [0.15, 0.2) is 5.11 Å². The summed E-state index contributed by atoms with van der Waals surface area (Å²) in [4.78, 5) is 11.9. The molecule has 144 valence electrons. The topological polar surface area (TPSA) is 78.5 Å². The highest BCUT2D eigenvalue weighted by molar-refractivity contribution is 7.89. The van der Waals surface area contributed by atoms with E-state index in [1.807, 2.05) is 6.92 Å². The van der Waals surface area contributed by atoms with Crippen LogP contribution in [0, 0.1) is 5.92 Å². The molecular formula is C18H27N3O3S2. The molecule has 1 aromatic rings. The fourth-order valence-electron chi connectivity index (χ4n) is 2.77. The van der Waals surface area contributed by atoms with Gasteiger partial charge in [0.1, 0.15) is 0 Å². The van der Waals surface area contributed by atoms with E-state index in [9.17, 15) is 13.2 Å². The minimum absolute atomic E-state index is 0.122. The number of carbonyl (C=O) groups is 1. The van der Waals surface area contributed by atoms with Crippen LogP contribution < -0.4 is 10.6 Å². The van der Waals surface area contributed by atoms with Crippen molar-refractivity contribution in [2.24, 2.45) is 5.92 Å². The summed E-state index contributed by atoms with van der Waals surface area (Å²) in [6.45, 7) is 5.30. The maximum atomic E-state index is 12.7. The minimum atomic E-state index is -3.46. The Hall–Kier alpha value is -1.51. The number of amides is 1. The highest BCUT2D eigenvalue weighted by atomic mass is 32.2. The van der Waals surface area contributed by atoms with E-state index in [1.54, 1.807) is 28.6 Å². The lowest BCUT2D eigenvalue weighted by Gasteiger charge is -2.29. The molecule has 0 saturated carbocycles. The number of hydrogen-bond acceptors (Lipinski definition) is 4. The highest BCUT2D eigenvalue weighted by Gasteiger charge is 2.27. The molecule has 26 heavy (non-hydrogen) atoms. The van der Waals surface area contributed by atoms with E-state index < -0.39 is 10.0 Å². The summed E-state index contributed by atoms with van der Waals surface area (Å²) in [5.74, 6) is 0.449. The van der Waals surface area contributed by atoms with E-state index in [-0.39, 0.29) is 15.9 Å². The Labute approximate surface area is 161 Å². The summed E-state index contributed by atoms with van der Waals surface area (Å²) in [6.07, 6.45) is 3.98. The van der Waals surface area contributed by atoms with Gasteiger partial charge < -0.3 is 10.6 Å². The molecule has 1 saturated heterocycles. The van der Waals surface area contributed by atoms with Crippen LogP contribution in [0.15, 0.2) is 29.2 Å². The zero-order chi connectivity index (χ0) is 19.2. The molecule has 1 aliphatic heterocycles. The fraction of sp³-hybridized carbons (Fsp3) is 0.556. The third-order valence-electron chi connectivity index (χ3n) is 4.50. The summed E-state index contributed by atoms with van der Waals surface area (Å²) in [5, 5.41) is 5.74. The maximum Gasteiger partial charge on any atom is 0.243 e. The predicted molar refractivity (Wildman–Crippen MR) is 107 cm³/mol. The molecule has 6 nitrogen and oxygen atoms in total. The first-order chi connectivity index (χ1) is 12.3. The number of piperidine rings is 1. The number of hydrogen-bond donors (Lipinski definition) is 2. The molecule has 1 fully saturated rings. The first-order valence-corrected chi connectivity index (χ1v) is 10.9. The van der Waals surface area contributed by atoms with Gasteiger partial charge in [-0.15, -0.1) is 0 Å². The minimum Gasteiger partial charge on any atom is -0.332 e. The zero-order valence-corrected chi connectivity index (χ0v) is 17.0. The maximum absolute atomic E-state index is 12.7. The largest absolute Gasteiger partial charge is 0.332 e. The Morgan fingerprint density at radius 3 is 2.42 bits per heavy atom. The van der Waals surface area contributed by atoms with Crippen LogP contribution in [-0.2, 0) is 14.8 Å². The molecular weight excluding hydrogens is 370 g/mol. The van der Waals surface area contributed by atoms with Crippen molar-refractivity contribution in [3.8, 4) is 0 Å². The Kier molecular flexibility index (Phi) is 7.55. The lowest BCUT2D eigenvalue weighted by molar-refractivity contribution is -0.119. The van der Waals surface area contributed by atoms with Crippen molar-refractivity contribution < 1.29 is 13.2 Å². The molecule has 0 unspecified atom stereocenters. The van der Waals surface area contributed by atoms with Crippen molar-refractivity contribution in [3.05, 3.63) is 24.3 Å². The number of rotatable bonds is 6. The second kappa shape index (κ2) is 9.43. The van der Waals surface area contributed by atoms with Crippen molar-refractivity contribution in [2.75, 3.05) is 18.4 Å². The van der Waals surface area contributed by atoms with Gasteiger partial charge in [0.25, 0.3) is 0 Å². The lowest BCUT2D eigenvalue weighted by atomic mass is 10.0. The predicted octanol–water partition coefficient (Wildman–Crippen LogP) is 3.11. The molecule has 0 atom stereocenters. The number of benzene rings is 1. The summed E-state index contributed by atoms with van der Waals surface area (Å²) in [6, 6.07) is 6.45. The molecule has 2 rings (SSSR count). The van der Waals surface area contributed by atoms with Crippen LogP contribution in [0.4, 0.5) is 5.69 Å². The highest BCUT2D eigenvalue weighted by Crippen LogP contribution is 2.24. The van der Waals surface area contributed by atoms with E-state index in [0.29, 0.717) is 31.1 Å². The Bertz CT molecular complexity index is 725. The first kappa shape index (κ1) is 20.8. The SMILES string of the molecule is CCCCC(=O)NC(=S)Nc1ccc(S(=O)(=O)N2CCC(C)CC2)cc1. The van der Waals surface area contributed by atoms with Crippen molar-refractivity contribution in [2.45, 2.75) is 50.8 Å². The Morgan fingerprint density at radius 2 is 1.85 bits per heavy atom. The van der Waals surface area contributed by atoms with Crippen LogP contribution in [-0.4, -0.2) is 36.8 Å². The third-order valence-corrected chi connectivity index (χ3v) is 6.62. The summed E-state index contributed by atoms with van der Waals surface area (Å²) >= 11 is 5.11. The second-order valence-electron chi connectivity index (χ2n) is 6.72. The van der Waals surface area contributed by atoms with Gasteiger partial charge in [0.2, 0.25) is 15.9 Å². The van der Waals surface area contributed by atoms with Gasteiger partial charge in [0.05, 0.1) is 4.90 Å². The van der Waals surface area contributed by atoms with Gasteiger partial charge >= 0.3 is 0 Å². The molecule has 0 spiro atoms. The molecule has 0 aliphatic carbocycles. The smallest absolute Gasteiger partial charge is 0.243 e. The number of sulfonamides is 1. The van der Waals surface area contributed by atoms with Gasteiger partial charge in [-0.25, -0.2) is 8.42 Å².